The summed E-state index contributed by atoms with van der Waals surface area (Å²) in [4.78, 5) is 14.6. The first-order valence-electron chi connectivity index (χ1n) is 4.42. The number of aromatic amines is 1. The predicted molar refractivity (Wildman–Crippen MR) is 50.9 cm³/mol. The van der Waals surface area contributed by atoms with Crippen molar-refractivity contribution < 1.29 is 9.53 Å². The Balaban J connectivity index is 2.08. The summed E-state index contributed by atoms with van der Waals surface area (Å²) >= 11 is 0. The van der Waals surface area contributed by atoms with Gasteiger partial charge in [-0.05, 0) is 12.1 Å². The zero-order valence-electron chi connectivity index (χ0n) is 7.56. The van der Waals surface area contributed by atoms with Crippen LogP contribution >= 0.6 is 0 Å². The molecule has 1 saturated heterocycles. The van der Waals surface area contributed by atoms with E-state index in [1.165, 1.54) is 0 Å². The highest BCUT2D eigenvalue weighted by Gasteiger charge is 2.29. The zero-order valence-corrected chi connectivity index (χ0v) is 7.56. The molecule has 0 radical (unpaired) electrons. The van der Waals surface area contributed by atoms with E-state index in [0.717, 1.165) is 0 Å². The number of Topliss-reactive ketones (excluding diaryl/α,β-unsaturated/α-hetero) is 1. The lowest BCUT2D eigenvalue weighted by Gasteiger charge is -2.06. The van der Waals surface area contributed by atoms with Gasteiger partial charge < -0.3 is 15.6 Å². The van der Waals surface area contributed by atoms with Crippen molar-refractivity contribution >= 4 is 11.7 Å². The largest absolute Gasteiger partial charge is 0.468 e. The molecular weight excluding hydrogens is 182 g/mol. The molecule has 0 aromatic carbocycles. The maximum atomic E-state index is 11.7. The third-order valence-electron chi connectivity index (χ3n) is 2.20. The Labute approximate surface area is 80.9 Å². The normalized spacial score (nSPS) is 23.7. The standard InChI is InChI=1S/C9H11N3O2/c10-12-8-4-3-7(14-8)9(13)6-2-1-5-11-6/h1-2,5,7,11H,3-4,10H2/b12-8-. The van der Waals surface area contributed by atoms with Crippen molar-refractivity contribution in [3.63, 3.8) is 0 Å². The second kappa shape index (κ2) is 3.53. The number of carbonyl (C=O) groups excluding carboxylic acids is 1. The summed E-state index contributed by atoms with van der Waals surface area (Å²) in [7, 11) is 0. The molecule has 5 heteroatoms. The van der Waals surface area contributed by atoms with Crippen LogP contribution in [0.4, 0.5) is 0 Å². The third-order valence-corrected chi connectivity index (χ3v) is 2.20. The van der Waals surface area contributed by atoms with Gasteiger partial charge in [0.25, 0.3) is 0 Å². The number of rotatable bonds is 2. The van der Waals surface area contributed by atoms with Crippen LogP contribution in [-0.2, 0) is 4.74 Å². The zero-order chi connectivity index (χ0) is 9.97. The average Bonchev–Trinajstić information content (AvgIpc) is 2.88. The fraction of sp³-hybridized carbons (Fsp3) is 0.333. The van der Waals surface area contributed by atoms with Gasteiger partial charge in [0.1, 0.15) is 0 Å². The summed E-state index contributed by atoms with van der Waals surface area (Å²) in [5.74, 6) is 5.46. The number of carbonyl (C=O) groups is 1. The van der Waals surface area contributed by atoms with Crippen molar-refractivity contribution in [2.24, 2.45) is 10.9 Å². The van der Waals surface area contributed by atoms with E-state index in [1.807, 2.05) is 0 Å². The SMILES string of the molecule is N/N=C1/CCC(C(=O)c2ccc[nH]2)O1. The van der Waals surface area contributed by atoms with Gasteiger partial charge in [0.05, 0.1) is 5.69 Å². The van der Waals surface area contributed by atoms with Gasteiger partial charge in [0.2, 0.25) is 11.7 Å². The number of hydrogen-bond acceptors (Lipinski definition) is 4. The molecule has 1 aromatic rings. The molecule has 0 amide bonds. The Hall–Kier alpha value is -1.78. The highest BCUT2D eigenvalue weighted by Crippen LogP contribution is 2.18. The summed E-state index contributed by atoms with van der Waals surface area (Å²) in [6.07, 6.45) is 2.55. The van der Waals surface area contributed by atoms with Crippen molar-refractivity contribution in [3.8, 4) is 0 Å². The predicted octanol–water partition coefficient (Wildman–Crippen LogP) is 0.649. The van der Waals surface area contributed by atoms with Crippen molar-refractivity contribution in [1.29, 1.82) is 0 Å². The Morgan fingerprint density at radius 2 is 2.57 bits per heavy atom. The summed E-state index contributed by atoms with van der Waals surface area (Å²) in [6.45, 7) is 0. The van der Waals surface area contributed by atoms with Gasteiger partial charge in [-0.15, -0.1) is 5.10 Å². The van der Waals surface area contributed by atoms with E-state index in [1.54, 1.807) is 18.3 Å². The number of hydrogen-bond donors (Lipinski definition) is 2. The number of aromatic nitrogens is 1. The van der Waals surface area contributed by atoms with Gasteiger partial charge in [-0.2, -0.15) is 0 Å². The summed E-state index contributed by atoms with van der Waals surface area (Å²) < 4.78 is 5.25. The molecule has 2 rings (SSSR count). The van der Waals surface area contributed by atoms with E-state index in [9.17, 15) is 4.79 Å². The van der Waals surface area contributed by atoms with E-state index >= 15 is 0 Å². The quantitative estimate of drug-likeness (QED) is 0.411. The first-order valence-corrected chi connectivity index (χ1v) is 4.42. The summed E-state index contributed by atoms with van der Waals surface area (Å²) in [5, 5.41) is 3.43. The second-order valence-electron chi connectivity index (χ2n) is 3.12. The number of nitrogens with one attached hydrogen (secondary N) is 1. The van der Waals surface area contributed by atoms with Crippen molar-refractivity contribution in [2.45, 2.75) is 18.9 Å². The first kappa shape index (κ1) is 8.80. The van der Waals surface area contributed by atoms with Crippen LogP contribution in [0.15, 0.2) is 23.4 Å². The molecule has 0 bridgehead atoms. The van der Waals surface area contributed by atoms with Gasteiger partial charge >= 0.3 is 0 Å². The number of H-pyrrole nitrogens is 1. The Morgan fingerprint density at radius 3 is 3.14 bits per heavy atom. The second-order valence-corrected chi connectivity index (χ2v) is 3.12. The van der Waals surface area contributed by atoms with Gasteiger partial charge in [0, 0.05) is 19.0 Å². The van der Waals surface area contributed by atoms with E-state index in [4.69, 9.17) is 10.6 Å². The van der Waals surface area contributed by atoms with Gasteiger partial charge in [-0.25, -0.2) is 0 Å². The van der Waals surface area contributed by atoms with Crippen LogP contribution in [0.5, 0.6) is 0 Å². The molecule has 2 heterocycles. The molecule has 5 nitrogen and oxygen atoms in total. The summed E-state index contributed by atoms with van der Waals surface area (Å²) in [5.41, 5.74) is 0.563. The van der Waals surface area contributed by atoms with Crippen LogP contribution in [0.2, 0.25) is 0 Å². The number of ether oxygens (including phenoxy) is 1. The smallest absolute Gasteiger partial charge is 0.219 e. The molecule has 1 atom stereocenters. The number of hydrazone groups is 1. The lowest BCUT2D eigenvalue weighted by atomic mass is 10.1. The molecule has 14 heavy (non-hydrogen) atoms. The number of nitrogens with zero attached hydrogens (tertiary/aromatic N) is 1. The lowest BCUT2D eigenvalue weighted by Crippen LogP contribution is -2.20. The first-order chi connectivity index (χ1) is 6.81. The fourth-order valence-electron chi connectivity index (χ4n) is 1.47. The van der Waals surface area contributed by atoms with Crippen LogP contribution in [0, 0.1) is 0 Å². The lowest BCUT2D eigenvalue weighted by molar-refractivity contribution is 0.0803. The maximum absolute atomic E-state index is 11.7. The Bertz CT molecular complexity index is 356. The minimum atomic E-state index is -0.434. The minimum Gasteiger partial charge on any atom is -0.468 e. The molecule has 1 unspecified atom stereocenters. The highest BCUT2D eigenvalue weighted by atomic mass is 16.5. The van der Waals surface area contributed by atoms with Crippen LogP contribution in [0.3, 0.4) is 0 Å². The van der Waals surface area contributed by atoms with Crippen molar-refractivity contribution in [1.82, 2.24) is 4.98 Å². The van der Waals surface area contributed by atoms with Crippen LogP contribution in [0.25, 0.3) is 0 Å². The molecule has 74 valence electrons. The Kier molecular flexibility index (Phi) is 2.22. The summed E-state index contributed by atoms with van der Waals surface area (Å²) in [6, 6.07) is 3.50. The maximum Gasteiger partial charge on any atom is 0.219 e. The topological polar surface area (TPSA) is 80.5 Å². The average molecular weight is 193 g/mol. The molecule has 0 aliphatic carbocycles. The molecule has 0 saturated carbocycles. The molecule has 0 spiro atoms. The van der Waals surface area contributed by atoms with E-state index in [-0.39, 0.29) is 5.78 Å². The fourth-order valence-corrected chi connectivity index (χ4v) is 1.47. The van der Waals surface area contributed by atoms with Crippen LogP contribution < -0.4 is 5.84 Å². The van der Waals surface area contributed by atoms with Crippen molar-refractivity contribution in [2.75, 3.05) is 0 Å². The van der Waals surface area contributed by atoms with E-state index < -0.39 is 6.10 Å². The molecule has 3 N–H and O–H groups in total. The minimum absolute atomic E-state index is 0.0475. The monoisotopic (exact) mass is 193 g/mol. The van der Waals surface area contributed by atoms with Gasteiger partial charge in [-0.3, -0.25) is 4.79 Å². The molecule has 1 fully saturated rings. The number of ketones is 1. The van der Waals surface area contributed by atoms with Gasteiger partial charge in [-0.1, -0.05) is 0 Å². The third kappa shape index (κ3) is 1.48. The van der Waals surface area contributed by atoms with Crippen molar-refractivity contribution in [3.05, 3.63) is 24.0 Å². The van der Waals surface area contributed by atoms with E-state index in [2.05, 4.69) is 10.1 Å². The van der Waals surface area contributed by atoms with Gasteiger partial charge in [0.15, 0.2) is 6.10 Å². The van der Waals surface area contributed by atoms with Crippen LogP contribution in [-0.4, -0.2) is 22.8 Å². The van der Waals surface area contributed by atoms with E-state index in [0.29, 0.717) is 24.4 Å². The molecule has 1 aliphatic heterocycles. The molecular formula is C9H11N3O2. The molecule has 1 aromatic heterocycles. The molecule has 1 aliphatic rings. The Morgan fingerprint density at radius 1 is 1.71 bits per heavy atom. The highest BCUT2D eigenvalue weighted by molar-refractivity contribution is 6.00. The number of nitrogens with two attached hydrogens (primary N) is 1. The van der Waals surface area contributed by atoms with Crippen LogP contribution in [0.1, 0.15) is 23.3 Å².